The quantitative estimate of drug-likeness (QED) is 0.311. The molecule has 3 amide bonds. The number of piperazine rings is 1. The van der Waals surface area contributed by atoms with Crippen LogP contribution in [0.4, 0.5) is 15.1 Å². The van der Waals surface area contributed by atoms with E-state index in [9.17, 15) is 18.8 Å². The van der Waals surface area contributed by atoms with Gasteiger partial charge in [0.05, 0.1) is 11.7 Å². The summed E-state index contributed by atoms with van der Waals surface area (Å²) in [5.74, 6) is 0.0513. The minimum absolute atomic E-state index is 0.0286. The smallest absolute Gasteiger partial charge is 0.410 e. The van der Waals surface area contributed by atoms with Gasteiger partial charge in [-0.3, -0.25) is 19.8 Å². The molecule has 6 rings (SSSR count). The van der Waals surface area contributed by atoms with Crippen LogP contribution in [0.2, 0.25) is 0 Å². The van der Waals surface area contributed by atoms with E-state index in [1.165, 1.54) is 43.5 Å². The molecule has 0 spiro atoms. The number of nitrogens with one attached hydrogen (secondary N) is 1. The second-order valence-corrected chi connectivity index (χ2v) is 14.8. The molecule has 2 aliphatic heterocycles. The lowest BCUT2D eigenvalue weighted by Crippen LogP contribution is -2.57. The molecule has 1 saturated carbocycles. The van der Waals surface area contributed by atoms with Gasteiger partial charge in [0.25, 0.3) is 5.91 Å². The summed E-state index contributed by atoms with van der Waals surface area (Å²) in [6.45, 7) is 12.4. The van der Waals surface area contributed by atoms with Crippen LogP contribution in [0.5, 0.6) is 5.88 Å². The Morgan fingerprint density at radius 2 is 1.70 bits per heavy atom. The van der Waals surface area contributed by atoms with Crippen molar-refractivity contribution in [1.82, 2.24) is 29.2 Å². The van der Waals surface area contributed by atoms with E-state index in [-0.39, 0.29) is 30.0 Å². The minimum atomic E-state index is -0.579. The fourth-order valence-corrected chi connectivity index (χ4v) is 7.34. The predicted molar refractivity (Wildman–Crippen MR) is 188 cm³/mol. The topological polar surface area (TPSA) is 122 Å². The lowest BCUT2D eigenvalue weighted by Gasteiger charge is -2.42. The first kappa shape index (κ1) is 35.6. The normalized spacial score (nSPS) is 22.0. The summed E-state index contributed by atoms with van der Waals surface area (Å²) in [5, 5.41) is 2.95. The van der Waals surface area contributed by atoms with Gasteiger partial charge in [-0.25, -0.2) is 19.2 Å². The number of carbonyl (C=O) groups is 3. The maximum absolute atomic E-state index is 13.7. The van der Waals surface area contributed by atoms with Crippen LogP contribution in [-0.2, 0) is 9.53 Å². The average molecular weight is 692 g/mol. The molecule has 12 nitrogen and oxygen atoms in total. The number of ether oxygens (including phenoxy) is 2. The Balaban J connectivity index is 1.15. The van der Waals surface area contributed by atoms with Gasteiger partial charge < -0.3 is 23.8 Å². The fourth-order valence-electron chi connectivity index (χ4n) is 7.34. The number of amides is 3. The Morgan fingerprint density at radius 3 is 2.38 bits per heavy atom. The molecule has 0 unspecified atom stereocenters. The van der Waals surface area contributed by atoms with Crippen LogP contribution in [0.1, 0.15) is 89.0 Å². The van der Waals surface area contributed by atoms with Crippen molar-refractivity contribution in [3.8, 4) is 5.88 Å². The molecule has 1 aliphatic carbocycles. The second kappa shape index (κ2) is 15.3. The highest BCUT2D eigenvalue weighted by molar-refractivity contribution is 6.04. The summed E-state index contributed by atoms with van der Waals surface area (Å²) in [7, 11) is 0. The molecule has 0 radical (unpaired) electrons. The Bertz CT molecular complexity index is 1660. The zero-order valence-corrected chi connectivity index (χ0v) is 29.7. The van der Waals surface area contributed by atoms with Crippen molar-refractivity contribution in [2.24, 2.45) is 5.92 Å². The van der Waals surface area contributed by atoms with E-state index in [1.807, 2.05) is 43.2 Å². The molecule has 4 heterocycles. The molecule has 1 N–H and O–H groups in total. The molecule has 2 saturated heterocycles. The molecule has 1 atom stereocenters. The van der Waals surface area contributed by atoms with E-state index in [4.69, 9.17) is 14.5 Å². The molecular weight excluding hydrogens is 641 g/mol. The Hall–Kier alpha value is -4.26. The van der Waals surface area contributed by atoms with E-state index < -0.39 is 17.3 Å². The first-order valence-corrected chi connectivity index (χ1v) is 18.0. The third-order valence-corrected chi connectivity index (χ3v) is 9.97. The van der Waals surface area contributed by atoms with Gasteiger partial charge >= 0.3 is 6.09 Å². The van der Waals surface area contributed by atoms with Gasteiger partial charge in [0.15, 0.2) is 0 Å². The van der Waals surface area contributed by atoms with Gasteiger partial charge in [-0.15, -0.1) is 0 Å². The fraction of sp³-hybridized carbons (Fsp3) is 0.595. The molecular formula is C37H50FN7O5. The molecule has 50 heavy (non-hydrogen) atoms. The zero-order valence-electron chi connectivity index (χ0n) is 29.7. The first-order valence-electron chi connectivity index (χ1n) is 18.0. The number of nitrogens with zero attached hydrogens (tertiary/aromatic N) is 6. The number of rotatable bonds is 8. The SMILES string of the molecule is C[C@H]1CN(C(=O)C2CCC(n3c(NC(=O)c4ccc(F)cc4)nc4cnc(OCCN5CCCCC5)cc43)CC2)CCN1C(=O)OC(C)(C)C. The third kappa shape index (κ3) is 8.54. The number of aromatic nitrogens is 3. The maximum atomic E-state index is 13.7. The monoisotopic (exact) mass is 691 g/mol. The molecule has 1 aromatic carbocycles. The number of benzene rings is 1. The van der Waals surface area contributed by atoms with E-state index in [0.29, 0.717) is 74.8 Å². The number of pyridine rings is 1. The lowest BCUT2D eigenvalue weighted by molar-refractivity contribution is -0.139. The molecule has 13 heteroatoms. The number of carbonyl (C=O) groups excluding carboxylic acids is 3. The summed E-state index contributed by atoms with van der Waals surface area (Å²) in [5.41, 5.74) is 1.16. The van der Waals surface area contributed by atoms with Crippen LogP contribution in [0, 0.1) is 11.7 Å². The van der Waals surface area contributed by atoms with Crippen molar-refractivity contribution < 1.29 is 28.2 Å². The molecule has 2 aromatic heterocycles. The van der Waals surface area contributed by atoms with E-state index in [2.05, 4.69) is 15.2 Å². The maximum Gasteiger partial charge on any atom is 0.410 e. The third-order valence-electron chi connectivity index (χ3n) is 9.97. The van der Waals surface area contributed by atoms with Gasteiger partial charge in [-0.05, 0) is 104 Å². The number of fused-ring (bicyclic) bond motifs is 1. The van der Waals surface area contributed by atoms with E-state index in [1.54, 1.807) is 11.1 Å². The summed E-state index contributed by atoms with van der Waals surface area (Å²) in [6.07, 6.45) is 7.81. The summed E-state index contributed by atoms with van der Waals surface area (Å²) in [4.78, 5) is 55.0. The van der Waals surface area contributed by atoms with Crippen molar-refractivity contribution in [1.29, 1.82) is 0 Å². The number of hydrogen-bond donors (Lipinski definition) is 1. The summed E-state index contributed by atoms with van der Waals surface area (Å²) < 4.78 is 27.3. The van der Waals surface area contributed by atoms with Crippen molar-refractivity contribution in [3.63, 3.8) is 0 Å². The van der Waals surface area contributed by atoms with Crippen molar-refractivity contribution >= 4 is 34.9 Å². The van der Waals surface area contributed by atoms with Crippen LogP contribution in [-0.4, -0.2) is 105 Å². The Labute approximate surface area is 293 Å². The highest BCUT2D eigenvalue weighted by atomic mass is 19.1. The molecule has 270 valence electrons. The second-order valence-electron chi connectivity index (χ2n) is 14.8. The number of imidazole rings is 1. The van der Waals surface area contributed by atoms with Crippen LogP contribution in [0.15, 0.2) is 36.5 Å². The highest BCUT2D eigenvalue weighted by Gasteiger charge is 2.37. The summed E-state index contributed by atoms with van der Waals surface area (Å²) >= 11 is 0. The highest BCUT2D eigenvalue weighted by Crippen LogP contribution is 2.38. The lowest BCUT2D eigenvalue weighted by atomic mass is 9.84. The minimum Gasteiger partial charge on any atom is -0.476 e. The average Bonchev–Trinajstić information content (AvgIpc) is 3.44. The number of halogens is 1. The van der Waals surface area contributed by atoms with Gasteiger partial charge in [-0.2, -0.15) is 0 Å². The Morgan fingerprint density at radius 1 is 0.980 bits per heavy atom. The van der Waals surface area contributed by atoms with Gasteiger partial charge in [0.2, 0.25) is 17.7 Å². The molecule has 3 fully saturated rings. The predicted octanol–water partition coefficient (Wildman–Crippen LogP) is 5.89. The van der Waals surface area contributed by atoms with Gasteiger partial charge in [0, 0.05) is 55.8 Å². The molecule has 3 aliphatic rings. The van der Waals surface area contributed by atoms with Crippen LogP contribution >= 0.6 is 0 Å². The van der Waals surface area contributed by atoms with Crippen LogP contribution in [0.3, 0.4) is 0 Å². The number of piperidine rings is 1. The number of likely N-dealkylation sites (tertiary alicyclic amines) is 1. The van der Waals surface area contributed by atoms with Crippen molar-refractivity contribution in [3.05, 3.63) is 47.9 Å². The van der Waals surface area contributed by atoms with Crippen LogP contribution < -0.4 is 10.1 Å². The molecule has 3 aromatic rings. The Kier molecular flexibility index (Phi) is 10.9. The van der Waals surface area contributed by atoms with E-state index in [0.717, 1.165) is 25.2 Å². The van der Waals surface area contributed by atoms with Gasteiger partial charge in [-0.1, -0.05) is 6.42 Å². The largest absolute Gasteiger partial charge is 0.476 e. The first-order chi connectivity index (χ1) is 23.9. The van der Waals surface area contributed by atoms with Crippen LogP contribution in [0.25, 0.3) is 11.0 Å². The number of hydrogen-bond acceptors (Lipinski definition) is 8. The molecule has 0 bridgehead atoms. The standard InChI is InChI=1S/C37H50FN7O5/c1-25-24-43(18-19-44(25)36(48)50-37(2,3)4)34(47)27-10-14-29(15-11-27)45-31-22-32(49-21-20-42-16-6-5-7-17-42)39-23-30(31)40-35(45)41-33(46)26-8-12-28(38)13-9-26/h8-9,12-13,22-23,25,27,29H,5-7,10-11,14-21,24H2,1-4H3,(H,40,41,46)/t25-,27?,29?/m0/s1. The van der Waals surface area contributed by atoms with Crippen molar-refractivity contribution in [2.45, 2.75) is 90.3 Å². The van der Waals surface area contributed by atoms with Crippen molar-refractivity contribution in [2.75, 3.05) is 51.2 Å². The van der Waals surface area contributed by atoms with Gasteiger partial charge in [0.1, 0.15) is 23.5 Å². The summed E-state index contributed by atoms with van der Waals surface area (Å²) in [6, 6.07) is 7.11. The van der Waals surface area contributed by atoms with E-state index >= 15 is 0 Å². The number of anilines is 1. The zero-order chi connectivity index (χ0) is 35.4.